The summed E-state index contributed by atoms with van der Waals surface area (Å²) < 4.78 is 10.8. The van der Waals surface area contributed by atoms with E-state index in [0.717, 1.165) is 53.4 Å². The van der Waals surface area contributed by atoms with Crippen molar-refractivity contribution >= 4 is 22.4 Å². The average Bonchev–Trinajstić information content (AvgIpc) is 3.16. The fourth-order valence-corrected chi connectivity index (χ4v) is 3.44. The second-order valence-corrected chi connectivity index (χ2v) is 6.54. The van der Waals surface area contributed by atoms with Gasteiger partial charge in [0.25, 0.3) is 0 Å². The topological polar surface area (TPSA) is 46.6 Å². The molecule has 26 heavy (non-hydrogen) atoms. The molecule has 1 saturated heterocycles. The molecule has 5 heteroatoms. The number of benzene rings is 2. The molecule has 1 atom stereocenters. The molecule has 0 spiro atoms. The van der Waals surface area contributed by atoms with Crippen LogP contribution in [0.1, 0.15) is 6.42 Å². The van der Waals surface area contributed by atoms with Gasteiger partial charge in [0.1, 0.15) is 17.3 Å². The van der Waals surface area contributed by atoms with E-state index in [-0.39, 0.29) is 0 Å². The van der Waals surface area contributed by atoms with E-state index in [0.29, 0.717) is 6.04 Å². The first-order valence-electron chi connectivity index (χ1n) is 8.85. The van der Waals surface area contributed by atoms with Crippen LogP contribution in [-0.4, -0.2) is 38.3 Å². The molecule has 134 valence electrons. The first-order valence-corrected chi connectivity index (χ1v) is 8.85. The van der Waals surface area contributed by atoms with Crippen LogP contribution in [0.25, 0.3) is 10.9 Å². The number of hydrogen-bond acceptors (Lipinski definition) is 5. The summed E-state index contributed by atoms with van der Waals surface area (Å²) in [6, 6.07) is 18.7. The molecular formula is C21H23N3O2. The van der Waals surface area contributed by atoms with Crippen LogP contribution in [0, 0.1) is 0 Å². The smallest absolute Gasteiger partial charge is 0.126 e. The number of hydrogen-bond donors (Lipinski definition) is 1. The molecule has 0 bridgehead atoms. The Morgan fingerprint density at radius 3 is 2.54 bits per heavy atom. The Bertz CT molecular complexity index is 890. The lowest BCUT2D eigenvalue weighted by Gasteiger charge is -2.21. The number of ether oxygens (including phenoxy) is 2. The van der Waals surface area contributed by atoms with E-state index in [1.165, 1.54) is 0 Å². The van der Waals surface area contributed by atoms with Gasteiger partial charge in [-0.15, -0.1) is 0 Å². The van der Waals surface area contributed by atoms with E-state index in [2.05, 4.69) is 40.5 Å². The van der Waals surface area contributed by atoms with Crippen molar-refractivity contribution in [3.63, 3.8) is 0 Å². The van der Waals surface area contributed by atoms with Gasteiger partial charge in [0.2, 0.25) is 0 Å². The average molecular weight is 349 g/mol. The summed E-state index contributed by atoms with van der Waals surface area (Å²) in [4.78, 5) is 7.07. The molecule has 1 unspecified atom stereocenters. The van der Waals surface area contributed by atoms with Crippen molar-refractivity contribution in [2.45, 2.75) is 12.5 Å². The highest BCUT2D eigenvalue weighted by Crippen LogP contribution is 2.31. The molecule has 0 aliphatic carbocycles. The largest absolute Gasteiger partial charge is 0.497 e. The number of methoxy groups -OCH3 is 2. The third-order valence-corrected chi connectivity index (χ3v) is 4.84. The number of aromatic nitrogens is 1. The number of nitrogens with one attached hydrogen (secondary N) is 1. The Labute approximate surface area is 153 Å². The maximum Gasteiger partial charge on any atom is 0.126 e. The minimum absolute atomic E-state index is 0.362. The van der Waals surface area contributed by atoms with Gasteiger partial charge in [-0.1, -0.05) is 18.2 Å². The molecule has 0 amide bonds. The third-order valence-electron chi connectivity index (χ3n) is 4.84. The van der Waals surface area contributed by atoms with Crippen LogP contribution in [0.5, 0.6) is 11.5 Å². The lowest BCUT2D eigenvalue weighted by Crippen LogP contribution is -2.26. The van der Waals surface area contributed by atoms with E-state index >= 15 is 0 Å². The summed E-state index contributed by atoms with van der Waals surface area (Å²) in [7, 11) is 3.36. The minimum Gasteiger partial charge on any atom is -0.497 e. The van der Waals surface area contributed by atoms with Crippen LogP contribution in [-0.2, 0) is 0 Å². The fourth-order valence-electron chi connectivity index (χ4n) is 3.44. The van der Waals surface area contributed by atoms with Crippen molar-refractivity contribution in [3.05, 3.63) is 54.6 Å². The number of nitrogens with zero attached hydrogens (tertiary/aromatic N) is 2. The SMILES string of the molecule is COc1cc(OC)cc(N2CCC(Nc3ccc4ccccc4n3)C2)c1. The van der Waals surface area contributed by atoms with Gasteiger partial charge in [0, 0.05) is 48.4 Å². The number of pyridine rings is 1. The summed E-state index contributed by atoms with van der Waals surface area (Å²) in [5, 5.41) is 4.74. The first kappa shape index (κ1) is 16.5. The van der Waals surface area contributed by atoms with Crippen molar-refractivity contribution < 1.29 is 9.47 Å². The molecule has 4 rings (SSSR count). The van der Waals surface area contributed by atoms with Crippen molar-refractivity contribution in [2.24, 2.45) is 0 Å². The number of para-hydroxylation sites is 1. The van der Waals surface area contributed by atoms with Crippen LogP contribution in [0.15, 0.2) is 54.6 Å². The summed E-state index contributed by atoms with van der Waals surface area (Å²) in [5.74, 6) is 2.55. The Morgan fingerprint density at radius 1 is 1.00 bits per heavy atom. The molecule has 2 heterocycles. The van der Waals surface area contributed by atoms with Crippen molar-refractivity contribution in [1.29, 1.82) is 0 Å². The Kier molecular flexibility index (Phi) is 4.52. The second-order valence-electron chi connectivity index (χ2n) is 6.54. The van der Waals surface area contributed by atoms with Gasteiger partial charge in [-0.3, -0.25) is 0 Å². The van der Waals surface area contributed by atoms with Crippen LogP contribution >= 0.6 is 0 Å². The van der Waals surface area contributed by atoms with Gasteiger partial charge >= 0.3 is 0 Å². The van der Waals surface area contributed by atoms with E-state index in [9.17, 15) is 0 Å². The zero-order valence-corrected chi connectivity index (χ0v) is 15.1. The van der Waals surface area contributed by atoms with E-state index in [1.54, 1.807) is 14.2 Å². The van der Waals surface area contributed by atoms with Crippen LogP contribution in [0.3, 0.4) is 0 Å². The summed E-state index contributed by atoms with van der Waals surface area (Å²) in [6.45, 7) is 1.91. The Morgan fingerprint density at radius 2 is 1.77 bits per heavy atom. The van der Waals surface area contributed by atoms with Gasteiger partial charge in [-0.25, -0.2) is 4.98 Å². The predicted molar refractivity (Wildman–Crippen MR) is 106 cm³/mol. The molecule has 5 nitrogen and oxygen atoms in total. The minimum atomic E-state index is 0.362. The fraction of sp³-hybridized carbons (Fsp3) is 0.286. The van der Waals surface area contributed by atoms with Gasteiger partial charge in [0.05, 0.1) is 19.7 Å². The monoisotopic (exact) mass is 349 g/mol. The maximum atomic E-state index is 5.39. The van der Waals surface area contributed by atoms with Gasteiger partial charge in [0.15, 0.2) is 0 Å². The summed E-state index contributed by atoms with van der Waals surface area (Å²) in [5.41, 5.74) is 2.14. The molecular weight excluding hydrogens is 326 g/mol. The van der Waals surface area contributed by atoms with Crippen molar-refractivity contribution in [3.8, 4) is 11.5 Å². The molecule has 3 aromatic rings. The van der Waals surface area contributed by atoms with Crippen LogP contribution in [0.2, 0.25) is 0 Å². The highest BCUT2D eigenvalue weighted by atomic mass is 16.5. The summed E-state index contributed by atoms with van der Waals surface area (Å²) >= 11 is 0. The van der Waals surface area contributed by atoms with Crippen LogP contribution in [0.4, 0.5) is 11.5 Å². The highest BCUT2D eigenvalue weighted by molar-refractivity contribution is 5.80. The standard InChI is InChI=1S/C21H23N3O2/c1-25-18-11-17(12-19(13-18)26-2)24-10-9-16(14-24)22-21-8-7-15-5-3-4-6-20(15)23-21/h3-8,11-13,16H,9-10,14H2,1-2H3,(H,22,23). The molecule has 1 aliphatic heterocycles. The maximum absolute atomic E-state index is 5.39. The van der Waals surface area contributed by atoms with E-state index < -0.39 is 0 Å². The van der Waals surface area contributed by atoms with Crippen molar-refractivity contribution in [2.75, 3.05) is 37.5 Å². The molecule has 0 radical (unpaired) electrons. The molecule has 2 aromatic carbocycles. The number of fused-ring (bicyclic) bond motifs is 1. The number of rotatable bonds is 5. The molecule has 1 N–H and O–H groups in total. The zero-order chi connectivity index (χ0) is 17.9. The van der Waals surface area contributed by atoms with Gasteiger partial charge in [-0.2, -0.15) is 0 Å². The van der Waals surface area contributed by atoms with Crippen LogP contribution < -0.4 is 19.7 Å². The quantitative estimate of drug-likeness (QED) is 0.756. The molecule has 1 fully saturated rings. The first-order chi connectivity index (χ1) is 12.7. The Hall–Kier alpha value is -2.95. The van der Waals surface area contributed by atoms with Crippen molar-refractivity contribution in [1.82, 2.24) is 4.98 Å². The second kappa shape index (κ2) is 7.12. The van der Waals surface area contributed by atoms with Gasteiger partial charge < -0.3 is 19.7 Å². The zero-order valence-electron chi connectivity index (χ0n) is 15.1. The number of anilines is 2. The van der Waals surface area contributed by atoms with Gasteiger partial charge in [-0.05, 0) is 24.6 Å². The third kappa shape index (κ3) is 3.38. The van der Waals surface area contributed by atoms with E-state index in [1.807, 2.05) is 24.3 Å². The predicted octanol–water partition coefficient (Wildman–Crippen LogP) is 3.94. The normalized spacial score (nSPS) is 16.7. The summed E-state index contributed by atoms with van der Waals surface area (Å²) in [6.07, 6.45) is 1.06. The molecule has 0 saturated carbocycles. The lowest BCUT2D eigenvalue weighted by molar-refractivity contribution is 0.394. The molecule has 1 aliphatic rings. The lowest BCUT2D eigenvalue weighted by atomic mass is 10.2. The van der Waals surface area contributed by atoms with E-state index in [4.69, 9.17) is 14.5 Å². The Balaban J connectivity index is 1.48. The highest BCUT2D eigenvalue weighted by Gasteiger charge is 2.23. The molecule has 1 aromatic heterocycles.